The number of aryl methyl sites for hydroxylation is 2. The molecule has 1 unspecified atom stereocenters. The van der Waals surface area contributed by atoms with Crippen LogP contribution >= 0.6 is 0 Å². The van der Waals surface area contributed by atoms with E-state index < -0.39 is 0 Å². The minimum Gasteiger partial charge on any atom is -0.361 e. The first-order valence-electron chi connectivity index (χ1n) is 7.29. The summed E-state index contributed by atoms with van der Waals surface area (Å²) < 4.78 is 5.24. The molecular weight excluding hydrogens is 260 g/mol. The van der Waals surface area contributed by atoms with E-state index >= 15 is 0 Å². The Labute approximate surface area is 125 Å². The van der Waals surface area contributed by atoms with Gasteiger partial charge in [-0.2, -0.15) is 0 Å². The molecule has 0 radical (unpaired) electrons. The molecule has 1 heterocycles. The first-order chi connectivity index (χ1) is 10.1. The van der Waals surface area contributed by atoms with Crippen molar-refractivity contribution in [2.45, 2.75) is 33.4 Å². The molecule has 108 valence electrons. The number of nitrogens with zero attached hydrogens (tertiary/aromatic N) is 1. The van der Waals surface area contributed by atoms with Crippen molar-refractivity contribution in [2.24, 2.45) is 0 Å². The molecule has 21 heavy (non-hydrogen) atoms. The van der Waals surface area contributed by atoms with E-state index in [1.165, 1.54) is 16.3 Å². The molecule has 3 rings (SSSR count). The van der Waals surface area contributed by atoms with Gasteiger partial charge in [-0.15, -0.1) is 0 Å². The minimum absolute atomic E-state index is 0.225. The van der Waals surface area contributed by atoms with E-state index in [1.54, 1.807) is 0 Å². The monoisotopic (exact) mass is 280 g/mol. The third-order valence-corrected chi connectivity index (χ3v) is 3.95. The zero-order valence-corrected chi connectivity index (χ0v) is 12.7. The van der Waals surface area contributed by atoms with Gasteiger partial charge in [-0.05, 0) is 43.2 Å². The summed E-state index contributed by atoms with van der Waals surface area (Å²) in [6.07, 6.45) is 0. The van der Waals surface area contributed by atoms with E-state index in [9.17, 15) is 0 Å². The van der Waals surface area contributed by atoms with E-state index in [0.29, 0.717) is 0 Å². The fourth-order valence-electron chi connectivity index (χ4n) is 2.83. The second kappa shape index (κ2) is 5.70. The fourth-order valence-corrected chi connectivity index (χ4v) is 2.83. The number of nitrogens with one attached hydrogen (secondary N) is 1. The van der Waals surface area contributed by atoms with Crippen LogP contribution in [0, 0.1) is 13.8 Å². The van der Waals surface area contributed by atoms with Gasteiger partial charge >= 0.3 is 0 Å². The predicted octanol–water partition coefficient (Wildman–Crippen LogP) is 4.30. The maximum atomic E-state index is 5.24. The van der Waals surface area contributed by atoms with Gasteiger partial charge in [0, 0.05) is 18.2 Å². The first kappa shape index (κ1) is 13.8. The number of rotatable bonds is 4. The van der Waals surface area contributed by atoms with Gasteiger partial charge in [0.15, 0.2) is 0 Å². The average Bonchev–Trinajstić information content (AvgIpc) is 2.84. The molecular formula is C18H20N2O. The summed E-state index contributed by atoms with van der Waals surface area (Å²) in [5.41, 5.74) is 3.41. The number of aromatic nitrogens is 1. The van der Waals surface area contributed by atoms with E-state index in [2.05, 4.69) is 59.9 Å². The van der Waals surface area contributed by atoms with Crippen molar-refractivity contribution in [3.63, 3.8) is 0 Å². The zero-order chi connectivity index (χ0) is 14.8. The highest BCUT2D eigenvalue weighted by molar-refractivity contribution is 5.82. The fraction of sp³-hybridized carbons (Fsp3) is 0.278. The summed E-state index contributed by atoms with van der Waals surface area (Å²) >= 11 is 0. The van der Waals surface area contributed by atoms with Gasteiger partial charge in [-0.1, -0.05) is 41.6 Å². The van der Waals surface area contributed by atoms with Gasteiger partial charge in [-0.3, -0.25) is 0 Å². The Morgan fingerprint density at radius 3 is 2.57 bits per heavy atom. The lowest BCUT2D eigenvalue weighted by Crippen LogP contribution is -2.19. The quantitative estimate of drug-likeness (QED) is 0.774. The van der Waals surface area contributed by atoms with E-state index in [1.807, 2.05) is 13.8 Å². The van der Waals surface area contributed by atoms with Gasteiger partial charge in [0.25, 0.3) is 0 Å². The van der Waals surface area contributed by atoms with Crippen molar-refractivity contribution in [1.29, 1.82) is 0 Å². The molecule has 2 aromatic carbocycles. The summed E-state index contributed by atoms with van der Waals surface area (Å²) in [5, 5.41) is 10.1. The summed E-state index contributed by atoms with van der Waals surface area (Å²) in [7, 11) is 0. The van der Waals surface area contributed by atoms with Crippen LogP contribution in [0.4, 0.5) is 0 Å². The molecule has 0 fully saturated rings. The molecule has 0 amide bonds. The van der Waals surface area contributed by atoms with Gasteiger partial charge in [0.05, 0.1) is 5.69 Å². The van der Waals surface area contributed by atoms with Crippen molar-refractivity contribution in [3.8, 4) is 0 Å². The highest BCUT2D eigenvalue weighted by atomic mass is 16.5. The number of hydrogen-bond donors (Lipinski definition) is 1. The third kappa shape index (κ3) is 2.83. The normalized spacial score (nSPS) is 12.7. The maximum absolute atomic E-state index is 5.24. The molecule has 3 aromatic rings. The molecule has 0 aliphatic heterocycles. The molecule has 1 atom stereocenters. The lowest BCUT2D eigenvalue weighted by Gasteiger charge is -2.14. The zero-order valence-electron chi connectivity index (χ0n) is 12.7. The van der Waals surface area contributed by atoms with Crippen LogP contribution in [0.1, 0.15) is 35.5 Å². The van der Waals surface area contributed by atoms with Crippen LogP contribution in [0.5, 0.6) is 0 Å². The average molecular weight is 280 g/mol. The molecule has 1 aromatic heterocycles. The Morgan fingerprint density at radius 1 is 1.10 bits per heavy atom. The van der Waals surface area contributed by atoms with Crippen molar-refractivity contribution >= 4 is 10.8 Å². The Morgan fingerprint density at radius 2 is 1.86 bits per heavy atom. The van der Waals surface area contributed by atoms with E-state index in [-0.39, 0.29) is 6.04 Å². The van der Waals surface area contributed by atoms with Gasteiger partial charge in [-0.25, -0.2) is 0 Å². The maximum Gasteiger partial charge on any atom is 0.138 e. The van der Waals surface area contributed by atoms with Crippen LogP contribution in [0.2, 0.25) is 0 Å². The van der Waals surface area contributed by atoms with E-state index in [4.69, 9.17) is 4.52 Å². The highest BCUT2D eigenvalue weighted by Crippen LogP contribution is 2.22. The van der Waals surface area contributed by atoms with Crippen LogP contribution in [0.15, 0.2) is 47.0 Å². The number of benzene rings is 2. The highest BCUT2D eigenvalue weighted by Gasteiger charge is 2.15. The van der Waals surface area contributed by atoms with Gasteiger partial charge in [0.2, 0.25) is 0 Å². The Bertz CT molecular complexity index is 741. The predicted molar refractivity (Wildman–Crippen MR) is 85.2 cm³/mol. The first-order valence-corrected chi connectivity index (χ1v) is 7.29. The SMILES string of the molecule is Cc1noc(C)c1C(C)NCc1ccc2ccccc2c1. The van der Waals surface area contributed by atoms with Crippen LogP contribution in [-0.4, -0.2) is 5.16 Å². The van der Waals surface area contributed by atoms with Crippen molar-refractivity contribution in [1.82, 2.24) is 10.5 Å². The van der Waals surface area contributed by atoms with Gasteiger partial charge < -0.3 is 9.84 Å². The summed E-state index contributed by atoms with van der Waals surface area (Å²) in [4.78, 5) is 0. The van der Waals surface area contributed by atoms with Crippen molar-refractivity contribution in [2.75, 3.05) is 0 Å². The lowest BCUT2D eigenvalue weighted by molar-refractivity contribution is 0.390. The Kier molecular flexibility index (Phi) is 3.76. The molecule has 0 saturated heterocycles. The van der Waals surface area contributed by atoms with E-state index in [0.717, 1.165) is 23.6 Å². The molecule has 1 N–H and O–H groups in total. The molecule has 3 nitrogen and oxygen atoms in total. The van der Waals surface area contributed by atoms with Crippen LogP contribution in [0.3, 0.4) is 0 Å². The molecule has 0 spiro atoms. The third-order valence-electron chi connectivity index (χ3n) is 3.95. The Hall–Kier alpha value is -2.13. The number of hydrogen-bond acceptors (Lipinski definition) is 3. The second-order valence-corrected chi connectivity index (χ2v) is 5.52. The molecule has 0 aliphatic carbocycles. The van der Waals surface area contributed by atoms with Crippen molar-refractivity contribution in [3.05, 3.63) is 65.0 Å². The van der Waals surface area contributed by atoms with Crippen molar-refractivity contribution < 1.29 is 4.52 Å². The molecule has 0 aliphatic rings. The molecule has 0 bridgehead atoms. The largest absolute Gasteiger partial charge is 0.361 e. The summed E-state index contributed by atoms with van der Waals surface area (Å²) in [6, 6.07) is 15.2. The van der Waals surface area contributed by atoms with Crippen LogP contribution in [0.25, 0.3) is 10.8 Å². The Balaban J connectivity index is 1.74. The lowest BCUT2D eigenvalue weighted by atomic mass is 10.0. The smallest absolute Gasteiger partial charge is 0.138 e. The summed E-state index contributed by atoms with van der Waals surface area (Å²) in [6.45, 7) is 6.92. The molecule has 0 saturated carbocycles. The van der Waals surface area contributed by atoms with Crippen LogP contribution < -0.4 is 5.32 Å². The topological polar surface area (TPSA) is 38.1 Å². The molecule has 3 heteroatoms. The minimum atomic E-state index is 0.225. The van der Waals surface area contributed by atoms with Gasteiger partial charge in [0.1, 0.15) is 5.76 Å². The van der Waals surface area contributed by atoms with Crippen LogP contribution in [-0.2, 0) is 6.54 Å². The standard InChI is InChI=1S/C18H20N2O/c1-12(18-13(2)20-21-14(18)3)19-11-15-8-9-16-6-4-5-7-17(16)10-15/h4-10,12,19H,11H2,1-3H3. The second-order valence-electron chi connectivity index (χ2n) is 5.52. The number of fused-ring (bicyclic) bond motifs is 1. The summed E-state index contributed by atoms with van der Waals surface area (Å²) in [5.74, 6) is 0.894.